The molecule has 0 bridgehead atoms. The quantitative estimate of drug-likeness (QED) is 0.800. The molecule has 0 saturated carbocycles. The largest absolute Gasteiger partial charge is 0.488 e. The van der Waals surface area contributed by atoms with Gasteiger partial charge in [-0.15, -0.1) is 0 Å². The van der Waals surface area contributed by atoms with Crippen LogP contribution in [0.4, 0.5) is 3.89 Å². The summed E-state index contributed by atoms with van der Waals surface area (Å²) >= 11 is 0. The van der Waals surface area contributed by atoms with Gasteiger partial charge in [0.25, 0.3) is 0 Å². The number of aromatic carboxylic acids is 1. The highest BCUT2D eigenvalue weighted by Gasteiger charge is 2.20. The summed E-state index contributed by atoms with van der Waals surface area (Å²) < 4.78 is 59.3. The van der Waals surface area contributed by atoms with E-state index in [0.717, 1.165) is 12.1 Å². The monoisotopic (exact) mass is 346 g/mol. The van der Waals surface area contributed by atoms with Crippen LogP contribution in [0.5, 0.6) is 5.75 Å². The second-order valence-electron chi connectivity index (χ2n) is 3.73. The Morgan fingerprint density at radius 2 is 1.90 bits per heavy atom. The number of halogens is 2. The summed E-state index contributed by atoms with van der Waals surface area (Å²) in [6, 6.07) is 1.87. The first kappa shape index (κ1) is 16.7. The molecule has 1 rings (SSSR count). The number of rotatable bonds is 5. The standard InChI is InChI=1S/C9H8ClFO7S2/c1-5-7(9(12)13)2-6(4-19(10,14)15)3-8(5)18-20(11,16)17/h2-3H,4H2,1H3,(H,12,13). The average Bonchev–Trinajstić information content (AvgIpc) is 2.17. The normalized spacial score (nSPS) is 12.2. The maximum atomic E-state index is 12.5. The van der Waals surface area contributed by atoms with E-state index in [9.17, 15) is 25.5 Å². The number of carboxylic acids is 1. The molecule has 0 unspecified atom stereocenters. The molecule has 0 aliphatic heterocycles. The molecule has 0 spiro atoms. The average molecular weight is 347 g/mol. The molecule has 0 radical (unpaired) electrons. The van der Waals surface area contributed by atoms with E-state index in [4.69, 9.17) is 15.8 Å². The van der Waals surface area contributed by atoms with Crippen LogP contribution in [0.15, 0.2) is 12.1 Å². The Bertz CT molecular complexity index is 755. The molecule has 0 atom stereocenters. The maximum absolute atomic E-state index is 12.5. The summed E-state index contributed by atoms with van der Waals surface area (Å²) in [5, 5.41) is 8.93. The van der Waals surface area contributed by atoms with E-state index in [1.165, 1.54) is 6.92 Å². The lowest BCUT2D eigenvalue weighted by Crippen LogP contribution is -2.08. The van der Waals surface area contributed by atoms with Gasteiger partial charge in [-0.05, 0) is 24.6 Å². The summed E-state index contributed by atoms with van der Waals surface area (Å²) in [6.07, 6.45) is 0. The van der Waals surface area contributed by atoms with Gasteiger partial charge in [-0.3, -0.25) is 0 Å². The summed E-state index contributed by atoms with van der Waals surface area (Å²) in [5.74, 6) is -2.85. The van der Waals surface area contributed by atoms with E-state index < -0.39 is 42.6 Å². The zero-order valence-corrected chi connectivity index (χ0v) is 12.2. The molecule has 112 valence electrons. The first-order valence-electron chi connectivity index (χ1n) is 4.82. The van der Waals surface area contributed by atoms with Gasteiger partial charge < -0.3 is 9.29 Å². The molecule has 0 heterocycles. The molecule has 1 aromatic rings. The Kier molecular flexibility index (Phi) is 4.62. The van der Waals surface area contributed by atoms with Crippen LogP contribution in [0.3, 0.4) is 0 Å². The van der Waals surface area contributed by atoms with Gasteiger partial charge in [0, 0.05) is 16.2 Å². The highest BCUT2D eigenvalue weighted by molar-refractivity contribution is 8.13. The molecular formula is C9H8ClFO7S2. The first-order chi connectivity index (χ1) is 8.89. The zero-order chi connectivity index (χ0) is 15.7. The van der Waals surface area contributed by atoms with Crippen LogP contribution in [0, 0.1) is 6.92 Å². The van der Waals surface area contributed by atoms with Gasteiger partial charge >= 0.3 is 16.5 Å². The number of hydrogen-bond donors (Lipinski definition) is 1. The Balaban J connectivity index is 3.46. The predicted molar refractivity (Wildman–Crippen MR) is 67.3 cm³/mol. The zero-order valence-electron chi connectivity index (χ0n) is 9.83. The molecule has 0 fully saturated rings. The van der Waals surface area contributed by atoms with Crippen molar-refractivity contribution in [3.05, 3.63) is 28.8 Å². The van der Waals surface area contributed by atoms with E-state index in [1.807, 2.05) is 0 Å². The third-order valence-corrected chi connectivity index (χ3v) is 3.56. The van der Waals surface area contributed by atoms with Crippen LogP contribution in [-0.4, -0.2) is 27.9 Å². The molecule has 1 N–H and O–H groups in total. The lowest BCUT2D eigenvalue weighted by molar-refractivity contribution is 0.0695. The minimum Gasteiger partial charge on any atom is -0.478 e. The lowest BCUT2D eigenvalue weighted by Gasteiger charge is -2.10. The predicted octanol–water partition coefficient (Wildman–Crippen LogP) is 1.35. The molecule has 0 saturated heterocycles. The van der Waals surface area contributed by atoms with Gasteiger partial charge in [0.2, 0.25) is 9.05 Å². The fourth-order valence-electron chi connectivity index (χ4n) is 1.44. The van der Waals surface area contributed by atoms with Crippen molar-refractivity contribution in [2.75, 3.05) is 0 Å². The van der Waals surface area contributed by atoms with E-state index >= 15 is 0 Å². The molecule has 0 aliphatic carbocycles. The third kappa shape index (κ3) is 4.94. The number of carboxylic acid groups (broad SMARTS) is 1. The van der Waals surface area contributed by atoms with Crippen molar-refractivity contribution >= 4 is 36.2 Å². The van der Waals surface area contributed by atoms with Crippen molar-refractivity contribution < 1.29 is 34.8 Å². The fraction of sp³-hybridized carbons (Fsp3) is 0.222. The summed E-state index contributed by atoms with van der Waals surface area (Å²) in [7, 11) is -4.37. The Hall–Kier alpha value is -1.39. The van der Waals surface area contributed by atoms with Crippen LogP contribution < -0.4 is 4.18 Å². The molecular weight excluding hydrogens is 339 g/mol. The second-order valence-corrected chi connectivity index (χ2v) is 7.46. The molecule has 20 heavy (non-hydrogen) atoms. The van der Waals surface area contributed by atoms with Gasteiger partial charge in [-0.1, -0.05) is 3.89 Å². The SMILES string of the molecule is Cc1c(OS(=O)(=O)F)cc(CS(=O)(=O)Cl)cc1C(=O)O. The van der Waals surface area contributed by atoms with Crippen molar-refractivity contribution in [3.8, 4) is 5.75 Å². The topological polar surface area (TPSA) is 115 Å². The highest BCUT2D eigenvalue weighted by atomic mass is 35.7. The van der Waals surface area contributed by atoms with Crippen LogP contribution in [0.1, 0.15) is 21.5 Å². The molecule has 1 aromatic carbocycles. The molecule has 0 amide bonds. The summed E-state index contributed by atoms with van der Waals surface area (Å²) in [6.45, 7) is 1.18. The van der Waals surface area contributed by atoms with Gasteiger partial charge in [-0.25, -0.2) is 13.2 Å². The highest BCUT2D eigenvalue weighted by Crippen LogP contribution is 2.27. The Morgan fingerprint density at radius 1 is 1.35 bits per heavy atom. The minimum absolute atomic E-state index is 0.151. The van der Waals surface area contributed by atoms with Crippen LogP contribution >= 0.6 is 10.7 Å². The summed E-state index contributed by atoms with van der Waals surface area (Å²) in [4.78, 5) is 11.0. The minimum atomic E-state index is -5.38. The smallest absolute Gasteiger partial charge is 0.478 e. The van der Waals surface area contributed by atoms with Crippen LogP contribution in [-0.2, 0) is 25.3 Å². The van der Waals surface area contributed by atoms with Gasteiger partial charge in [0.1, 0.15) is 5.75 Å². The number of carbonyl (C=O) groups is 1. The van der Waals surface area contributed by atoms with Crippen molar-refractivity contribution in [3.63, 3.8) is 0 Å². The number of benzene rings is 1. The van der Waals surface area contributed by atoms with Crippen molar-refractivity contribution in [1.82, 2.24) is 0 Å². The molecule has 11 heteroatoms. The second kappa shape index (κ2) is 5.54. The maximum Gasteiger partial charge on any atom is 0.488 e. The molecule has 0 aromatic heterocycles. The number of hydrogen-bond acceptors (Lipinski definition) is 6. The third-order valence-electron chi connectivity index (χ3n) is 2.18. The van der Waals surface area contributed by atoms with Crippen LogP contribution in [0.2, 0.25) is 0 Å². The van der Waals surface area contributed by atoms with Crippen LogP contribution in [0.25, 0.3) is 0 Å². The van der Waals surface area contributed by atoms with Crippen molar-refractivity contribution in [2.24, 2.45) is 0 Å². The molecule has 0 aliphatic rings. The van der Waals surface area contributed by atoms with E-state index in [-0.39, 0.29) is 11.1 Å². The first-order valence-corrected chi connectivity index (χ1v) is 8.61. The van der Waals surface area contributed by atoms with Crippen molar-refractivity contribution in [1.29, 1.82) is 0 Å². The van der Waals surface area contributed by atoms with E-state index in [2.05, 4.69) is 4.18 Å². The fourth-order valence-corrected chi connectivity index (χ4v) is 2.77. The van der Waals surface area contributed by atoms with Crippen molar-refractivity contribution in [2.45, 2.75) is 12.7 Å². The Labute approximate surface area is 118 Å². The summed E-state index contributed by atoms with van der Waals surface area (Å²) in [5.41, 5.74) is -0.752. The van der Waals surface area contributed by atoms with E-state index in [1.54, 1.807) is 0 Å². The lowest BCUT2D eigenvalue weighted by atomic mass is 10.0. The van der Waals surface area contributed by atoms with Gasteiger partial charge in [0.15, 0.2) is 0 Å². The van der Waals surface area contributed by atoms with Gasteiger partial charge in [-0.2, -0.15) is 8.42 Å². The Morgan fingerprint density at radius 3 is 2.30 bits per heavy atom. The van der Waals surface area contributed by atoms with E-state index in [0.29, 0.717) is 0 Å². The van der Waals surface area contributed by atoms with Gasteiger partial charge in [0.05, 0.1) is 11.3 Å². The molecule has 7 nitrogen and oxygen atoms in total.